The van der Waals surface area contributed by atoms with Crippen molar-refractivity contribution < 1.29 is 19.0 Å². The number of halogens is 1. The SMILES string of the molecule is CC(O)(Cc1ccccc1F)c1ccc2c(c1)OCCO2. The first-order chi connectivity index (χ1) is 10.1. The van der Waals surface area contributed by atoms with Crippen molar-refractivity contribution in [1.82, 2.24) is 0 Å². The fourth-order valence-electron chi connectivity index (χ4n) is 2.49. The maximum Gasteiger partial charge on any atom is 0.161 e. The first-order valence-corrected chi connectivity index (χ1v) is 6.92. The third-order valence-electron chi connectivity index (χ3n) is 3.66. The van der Waals surface area contributed by atoms with Gasteiger partial charge in [-0.2, -0.15) is 0 Å². The quantitative estimate of drug-likeness (QED) is 0.943. The molecule has 110 valence electrons. The highest BCUT2D eigenvalue weighted by molar-refractivity contribution is 5.45. The molecule has 0 aromatic heterocycles. The van der Waals surface area contributed by atoms with Crippen molar-refractivity contribution in [2.75, 3.05) is 13.2 Å². The van der Waals surface area contributed by atoms with Crippen LogP contribution in [-0.4, -0.2) is 18.3 Å². The smallest absolute Gasteiger partial charge is 0.161 e. The van der Waals surface area contributed by atoms with Gasteiger partial charge in [-0.25, -0.2) is 4.39 Å². The van der Waals surface area contributed by atoms with Gasteiger partial charge in [-0.3, -0.25) is 0 Å². The average Bonchev–Trinajstić information content (AvgIpc) is 2.49. The molecule has 3 rings (SSSR count). The van der Waals surface area contributed by atoms with E-state index in [-0.39, 0.29) is 12.2 Å². The molecule has 2 aromatic rings. The molecule has 0 amide bonds. The summed E-state index contributed by atoms with van der Waals surface area (Å²) >= 11 is 0. The van der Waals surface area contributed by atoms with E-state index >= 15 is 0 Å². The standard InChI is InChI=1S/C17H17FO3/c1-17(19,11-12-4-2-3-5-14(12)18)13-6-7-15-16(10-13)21-9-8-20-15/h2-7,10,19H,8-9,11H2,1H3. The summed E-state index contributed by atoms with van der Waals surface area (Å²) in [5.74, 6) is 0.981. The second-order valence-electron chi connectivity index (χ2n) is 5.40. The van der Waals surface area contributed by atoms with Crippen LogP contribution in [0.15, 0.2) is 42.5 Å². The molecule has 0 bridgehead atoms. The Morgan fingerprint density at radius 2 is 1.81 bits per heavy atom. The molecule has 0 fully saturated rings. The van der Waals surface area contributed by atoms with Gasteiger partial charge in [0.2, 0.25) is 0 Å². The average molecular weight is 288 g/mol. The number of fused-ring (bicyclic) bond motifs is 1. The van der Waals surface area contributed by atoms with E-state index < -0.39 is 5.60 Å². The van der Waals surface area contributed by atoms with Crippen molar-refractivity contribution in [3.05, 3.63) is 59.4 Å². The lowest BCUT2D eigenvalue weighted by Crippen LogP contribution is -2.25. The van der Waals surface area contributed by atoms with Crippen molar-refractivity contribution in [3.63, 3.8) is 0 Å². The molecule has 0 saturated carbocycles. The summed E-state index contributed by atoms with van der Waals surface area (Å²) in [6, 6.07) is 11.8. The van der Waals surface area contributed by atoms with Crippen LogP contribution in [-0.2, 0) is 12.0 Å². The third-order valence-corrected chi connectivity index (χ3v) is 3.66. The molecule has 1 heterocycles. The summed E-state index contributed by atoms with van der Waals surface area (Å²) in [5.41, 5.74) is -0.0229. The molecule has 1 unspecified atom stereocenters. The topological polar surface area (TPSA) is 38.7 Å². The summed E-state index contributed by atoms with van der Waals surface area (Å²) in [6.07, 6.45) is 0.194. The molecule has 1 aliphatic rings. The lowest BCUT2D eigenvalue weighted by atomic mass is 9.88. The van der Waals surface area contributed by atoms with E-state index in [4.69, 9.17) is 9.47 Å². The van der Waals surface area contributed by atoms with E-state index in [1.54, 1.807) is 43.3 Å². The molecule has 0 saturated heterocycles. The highest BCUT2D eigenvalue weighted by Crippen LogP contribution is 2.35. The highest BCUT2D eigenvalue weighted by atomic mass is 19.1. The lowest BCUT2D eigenvalue weighted by Gasteiger charge is -2.26. The molecule has 0 radical (unpaired) electrons. The third kappa shape index (κ3) is 2.85. The van der Waals surface area contributed by atoms with Gasteiger partial charge in [0.1, 0.15) is 19.0 Å². The number of aliphatic hydroxyl groups is 1. The van der Waals surface area contributed by atoms with Crippen LogP contribution in [0.2, 0.25) is 0 Å². The zero-order valence-electron chi connectivity index (χ0n) is 11.8. The van der Waals surface area contributed by atoms with Gasteiger partial charge in [-0.05, 0) is 36.2 Å². The Kier molecular flexibility index (Phi) is 3.55. The van der Waals surface area contributed by atoms with E-state index in [1.807, 2.05) is 0 Å². The van der Waals surface area contributed by atoms with Gasteiger partial charge in [0.15, 0.2) is 11.5 Å². The molecule has 3 nitrogen and oxygen atoms in total. The molecular weight excluding hydrogens is 271 g/mol. The molecular formula is C17H17FO3. The first kappa shape index (κ1) is 13.9. The summed E-state index contributed by atoms with van der Waals surface area (Å²) in [7, 11) is 0. The predicted octanol–water partition coefficient (Wildman–Crippen LogP) is 3.05. The lowest BCUT2D eigenvalue weighted by molar-refractivity contribution is 0.0559. The van der Waals surface area contributed by atoms with Gasteiger partial charge in [0.25, 0.3) is 0 Å². The minimum atomic E-state index is -1.18. The summed E-state index contributed by atoms with van der Waals surface area (Å²) in [4.78, 5) is 0. The van der Waals surface area contributed by atoms with E-state index in [0.29, 0.717) is 35.8 Å². The summed E-state index contributed by atoms with van der Waals surface area (Å²) < 4.78 is 24.7. The van der Waals surface area contributed by atoms with E-state index in [0.717, 1.165) is 0 Å². The van der Waals surface area contributed by atoms with Crippen LogP contribution in [0.3, 0.4) is 0 Å². The Balaban J connectivity index is 1.89. The van der Waals surface area contributed by atoms with Crippen LogP contribution < -0.4 is 9.47 Å². The molecule has 0 spiro atoms. The van der Waals surface area contributed by atoms with Crippen LogP contribution in [0.1, 0.15) is 18.1 Å². The van der Waals surface area contributed by atoms with E-state index in [1.165, 1.54) is 6.07 Å². The van der Waals surface area contributed by atoms with Crippen LogP contribution in [0.25, 0.3) is 0 Å². The van der Waals surface area contributed by atoms with Crippen LogP contribution in [0, 0.1) is 5.82 Å². The highest BCUT2D eigenvalue weighted by Gasteiger charge is 2.27. The summed E-state index contributed by atoms with van der Waals surface area (Å²) in [5, 5.41) is 10.7. The summed E-state index contributed by atoms with van der Waals surface area (Å²) in [6.45, 7) is 2.69. The van der Waals surface area contributed by atoms with Gasteiger partial charge >= 0.3 is 0 Å². The van der Waals surface area contributed by atoms with Crippen molar-refractivity contribution in [2.45, 2.75) is 18.9 Å². The van der Waals surface area contributed by atoms with Crippen LogP contribution in [0.4, 0.5) is 4.39 Å². The predicted molar refractivity (Wildman–Crippen MR) is 77.1 cm³/mol. The van der Waals surface area contributed by atoms with Crippen molar-refractivity contribution in [1.29, 1.82) is 0 Å². The van der Waals surface area contributed by atoms with Crippen molar-refractivity contribution >= 4 is 0 Å². The molecule has 2 aromatic carbocycles. The van der Waals surface area contributed by atoms with Gasteiger partial charge < -0.3 is 14.6 Å². The second kappa shape index (κ2) is 5.37. The molecule has 1 atom stereocenters. The zero-order chi connectivity index (χ0) is 14.9. The number of benzene rings is 2. The first-order valence-electron chi connectivity index (χ1n) is 6.92. The Labute approximate surface area is 122 Å². The largest absolute Gasteiger partial charge is 0.486 e. The van der Waals surface area contributed by atoms with Gasteiger partial charge in [0, 0.05) is 6.42 Å². The fraction of sp³-hybridized carbons (Fsp3) is 0.294. The fourth-order valence-corrected chi connectivity index (χ4v) is 2.49. The van der Waals surface area contributed by atoms with Gasteiger partial charge in [-0.1, -0.05) is 24.3 Å². The Bertz CT molecular complexity index is 652. The molecule has 1 N–H and O–H groups in total. The number of ether oxygens (including phenoxy) is 2. The Morgan fingerprint density at radius 3 is 2.57 bits per heavy atom. The van der Waals surface area contributed by atoms with Gasteiger partial charge in [-0.15, -0.1) is 0 Å². The normalized spacial score (nSPS) is 16.3. The maximum atomic E-state index is 13.8. The zero-order valence-corrected chi connectivity index (χ0v) is 11.8. The number of hydrogen-bond acceptors (Lipinski definition) is 3. The van der Waals surface area contributed by atoms with E-state index in [2.05, 4.69) is 0 Å². The molecule has 21 heavy (non-hydrogen) atoms. The van der Waals surface area contributed by atoms with Gasteiger partial charge in [0.05, 0.1) is 5.60 Å². The monoisotopic (exact) mass is 288 g/mol. The molecule has 1 aliphatic heterocycles. The Hall–Kier alpha value is -2.07. The maximum absolute atomic E-state index is 13.8. The number of hydrogen-bond donors (Lipinski definition) is 1. The molecule has 4 heteroatoms. The Morgan fingerprint density at radius 1 is 1.10 bits per heavy atom. The van der Waals surface area contributed by atoms with Crippen molar-refractivity contribution in [2.24, 2.45) is 0 Å². The van der Waals surface area contributed by atoms with E-state index in [9.17, 15) is 9.50 Å². The minimum Gasteiger partial charge on any atom is -0.486 e. The minimum absolute atomic E-state index is 0.194. The van der Waals surface area contributed by atoms with Crippen LogP contribution in [0.5, 0.6) is 11.5 Å². The molecule has 0 aliphatic carbocycles. The second-order valence-corrected chi connectivity index (χ2v) is 5.40. The van der Waals surface area contributed by atoms with Crippen molar-refractivity contribution in [3.8, 4) is 11.5 Å². The number of rotatable bonds is 3. The van der Waals surface area contributed by atoms with Crippen LogP contribution >= 0.6 is 0 Å².